The summed E-state index contributed by atoms with van der Waals surface area (Å²) < 4.78 is 51.6. The zero-order valence-electron chi connectivity index (χ0n) is 16.3. The standard InChI is InChI=1S/C20H18FN3O6S/c1-29-15-4-5-18(14(6-15)9-23)31(27,28)24-10-19(20(26,11-24)12-25)30-16-3-2-13(8-22)17(21)7-16/h2-7,19,25-26H,10-12H2,1H3/t19-,20-/m0/s1. The predicted octanol–water partition coefficient (Wildman–Crippen LogP) is 0.753. The van der Waals surface area contributed by atoms with Gasteiger partial charge in [0.25, 0.3) is 0 Å². The fourth-order valence-corrected chi connectivity index (χ4v) is 4.85. The molecule has 1 saturated heterocycles. The molecule has 0 aliphatic carbocycles. The van der Waals surface area contributed by atoms with Gasteiger partial charge in [-0.05, 0) is 30.3 Å². The zero-order valence-corrected chi connectivity index (χ0v) is 17.1. The van der Waals surface area contributed by atoms with Crippen molar-refractivity contribution in [1.82, 2.24) is 4.31 Å². The first-order valence-corrected chi connectivity index (χ1v) is 10.4. The SMILES string of the molecule is COc1ccc(S(=O)(=O)N2C[C@H](Oc3ccc(C#N)c(F)c3)[C@@](O)(CO)C2)c(C#N)c1. The molecule has 11 heteroatoms. The molecule has 2 atom stereocenters. The topological polar surface area (TPSA) is 144 Å². The van der Waals surface area contributed by atoms with E-state index < -0.39 is 40.7 Å². The number of sulfonamides is 1. The van der Waals surface area contributed by atoms with Crippen LogP contribution in [0.25, 0.3) is 0 Å². The van der Waals surface area contributed by atoms with Crippen molar-refractivity contribution in [1.29, 1.82) is 10.5 Å². The lowest BCUT2D eigenvalue weighted by atomic mass is 10.0. The van der Waals surface area contributed by atoms with Crippen molar-refractivity contribution in [2.45, 2.75) is 16.6 Å². The average Bonchev–Trinajstić information content (AvgIpc) is 3.11. The molecule has 31 heavy (non-hydrogen) atoms. The van der Waals surface area contributed by atoms with Crippen molar-refractivity contribution in [3.63, 3.8) is 0 Å². The minimum Gasteiger partial charge on any atom is -0.497 e. The van der Waals surface area contributed by atoms with Gasteiger partial charge in [-0.2, -0.15) is 14.8 Å². The molecule has 0 saturated carbocycles. The summed E-state index contributed by atoms with van der Waals surface area (Å²) in [6.45, 7) is -1.69. The number of hydrogen-bond acceptors (Lipinski definition) is 8. The van der Waals surface area contributed by atoms with Gasteiger partial charge >= 0.3 is 0 Å². The maximum absolute atomic E-state index is 13.9. The Morgan fingerprint density at radius 1 is 1.19 bits per heavy atom. The van der Waals surface area contributed by atoms with Crippen molar-refractivity contribution in [2.24, 2.45) is 0 Å². The second kappa shape index (κ2) is 8.49. The number of rotatable bonds is 6. The molecule has 1 heterocycles. The van der Waals surface area contributed by atoms with Gasteiger partial charge in [0, 0.05) is 12.6 Å². The molecule has 2 aromatic carbocycles. The van der Waals surface area contributed by atoms with E-state index in [1.807, 2.05) is 0 Å². The monoisotopic (exact) mass is 447 g/mol. The summed E-state index contributed by atoms with van der Waals surface area (Å²) in [7, 11) is -2.87. The Labute approximate surface area is 178 Å². The van der Waals surface area contributed by atoms with Crippen LogP contribution in [0.5, 0.6) is 11.5 Å². The summed E-state index contributed by atoms with van der Waals surface area (Å²) in [4.78, 5) is -0.291. The number of halogens is 1. The lowest BCUT2D eigenvalue weighted by Gasteiger charge is -2.27. The maximum atomic E-state index is 13.9. The lowest BCUT2D eigenvalue weighted by molar-refractivity contribution is -0.0641. The van der Waals surface area contributed by atoms with Gasteiger partial charge in [-0.1, -0.05) is 0 Å². The van der Waals surface area contributed by atoms with Gasteiger partial charge in [0.2, 0.25) is 10.0 Å². The predicted molar refractivity (Wildman–Crippen MR) is 104 cm³/mol. The van der Waals surface area contributed by atoms with Crippen molar-refractivity contribution in [3.05, 3.63) is 53.3 Å². The number of β-amino-alcohol motifs (C(OH)–C–C–N with tert-alkyl or cyclic N) is 1. The fraction of sp³-hybridized carbons (Fsp3) is 0.300. The third kappa shape index (κ3) is 4.17. The molecule has 162 valence electrons. The fourth-order valence-electron chi connectivity index (χ4n) is 3.22. The number of nitrogens with zero attached hydrogens (tertiary/aromatic N) is 3. The molecule has 1 aliphatic rings. The quantitative estimate of drug-likeness (QED) is 0.660. The molecule has 1 aliphatic heterocycles. The van der Waals surface area contributed by atoms with E-state index in [1.165, 1.54) is 37.4 Å². The van der Waals surface area contributed by atoms with E-state index in [0.29, 0.717) is 5.75 Å². The van der Waals surface area contributed by atoms with E-state index in [4.69, 9.17) is 14.7 Å². The molecule has 0 aromatic heterocycles. The third-order valence-electron chi connectivity index (χ3n) is 4.96. The Hall–Kier alpha value is -3.22. The molecule has 2 aromatic rings. The minimum absolute atomic E-state index is 0.0465. The molecule has 1 fully saturated rings. The first kappa shape index (κ1) is 22.5. The van der Waals surface area contributed by atoms with Crippen LogP contribution in [0.4, 0.5) is 4.39 Å². The van der Waals surface area contributed by atoms with Gasteiger partial charge in [-0.3, -0.25) is 0 Å². The van der Waals surface area contributed by atoms with Gasteiger partial charge in [0.15, 0.2) is 0 Å². The molecule has 2 N–H and O–H groups in total. The van der Waals surface area contributed by atoms with Crippen molar-refractivity contribution < 1.29 is 32.5 Å². The smallest absolute Gasteiger partial charge is 0.244 e. The average molecular weight is 447 g/mol. The Balaban J connectivity index is 1.92. The van der Waals surface area contributed by atoms with Gasteiger partial charge in [0.05, 0.1) is 31.4 Å². The van der Waals surface area contributed by atoms with E-state index in [-0.39, 0.29) is 28.3 Å². The minimum atomic E-state index is -4.24. The summed E-state index contributed by atoms with van der Waals surface area (Å²) >= 11 is 0. The van der Waals surface area contributed by atoms with Crippen LogP contribution in [0.2, 0.25) is 0 Å². The molecule has 0 spiro atoms. The number of aliphatic hydroxyl groups excluding tert-OH is 1. The maximum Gasteiger partial charge on any atom is 0.244 e. The second-order valence-corrected chi connectivity index (χ2v) is 8.80. The Morgan fingerprint density at radius 3 is 2.45 bits per heavy atom. The molecule has 0 amide bonds. The van der Waals surface area contributed by atoms with Crippen LogP contribution < -0.4 is 9.47 Å². The van der Waals surface area contributed by atoms with Crippen LogP contribution in [0, 0.1) is 28.5 Å². The molecular weight excluding hydrogens is 429 g/mol. The van der Waals surface area contributed by atoms with Gasteiger partial charge in [0.1, 0.15) is 46.1 Å². The van der Waals surface area contributed by atoms with E-state index in [9.17, 15) is 28.3 Å². The van der Waals surface area contributed by atoms with Crippen LogP contribution >= 0.6 is 0 Å². The number of benzene rings is 2. The highest BCUT2D eigenvalue weighted by Crippen LogP contribution is 2.32. The van der Waals surface area contributed by atoms with E-state index in [1.54, 1.807) is 12.1 Å². The number of ether oxygens (including phenoxy) is 2. The van der Waals surface area contributed by atoms with E-state index in [0.717, 1.165) is 10.4 Å². The van der Waals surface area contributed by atoms with Gasteiger partial charge in [-0.25, -0.2) is 12.8 Å². The van der Waals surface area contributed by atoms with Gasteiger partial charge in [-0.15, -0.1) is 0 Å². The zero-order chi connectivity index (χ0) is 22.8. The van der Waals surface area contributed by atoms with Crippen molar-refractivity contribution in [2.75, 3.05) is 26.8 Å². The van der Waals surface area contributed by atoms with Gasteiger partial charge < -0.3 is 19.7 Å². The molecule has 0 unspecified atom stereocenters. The molecule has 9 nitrogen and oxygen atoms in total. The van der Waals surface area contributed by atoms with Crippen LogP contribution in [-0.2, 0) is 10.0 Å². The first-order valence-electron chi connectivity index (χ1n) is 8.96. The van der Waals surface area contributed by atoms with Crippen molar-refractivity contribution in [3.8, 4) is 23.6 Å². The largest absolute Gasteiger partial charge is 0.497 e. The van der Waals surface area contributed by atoms with Crippen LogP contribution in [0.3, 0.4) is 0 Å². The normalized spacial score (nSPS) is 21.3. The summed E-state index contributed by atoms with van der Waals surface area (Å²) in [5.74, 6) is -0.588. The Morgan fingerprint density at radius 2 is 1.87 bits per heavy atom. The van der Waals surface area contributed by atoms with Crippen molar-refractivity contribution >= 4 is 10.0 Å². The molecule has 0 radical (unpaired) electrons. The number of hydrogen-bond donors (Lipinski definition) is 2. The van der Waals surface area contributed by atoms with Crippen LogP contribution in [0.15, 0.2) is 41.3 Å². The number of aliphatic hydroxyl groups is 2. The molecule has 0 bridgehead atoms. The Bertz CT molecular complexity index is 1190. The van der Waals surface area contributed by atoms with Crippen LogP contribution in [0.1, 0.15) is 11.1 Å². The number of methoxy groups -OCH3 is 1. The highest BCUT2D eigenvalue weighted by Gasteiger charge is 2.51. The highest BCUT2D eigenvalue weighted by atomic mass is 32.2. The van der Waals surface area contributed by atoms with E-state index in [2.05, 4.69) is 0 Å². The number of nitriles is 2. The molecule has 3 rings (SSSR count). The third-order valence-corrected chi connectivity index (χ3v) is 6.83. The summed E-state index contributed by atoms with van der Waals surface area (Å²) in [6.07, 6.45) is -1.23. The summed E-state index contributed by atoms with van der Waals surface area (Å²) in [6, 6.07) is 10.8. The lowest BCUT2D eigenvalue weighted by Crippen LogP contribution is -2.48. The first-order chi connectivity index (χ1) is 14.7. The highest BCUT2D eigenvalue weighted by molar-refractivity contribution is 7.89. The Kier molecular flexibility index (Phi) is 6.15. The summed E-state index contributed by atoms with van der Waals surface area (Å²) in [5, 5.41) is 38.6. The summed E-state index contributed by atoms with van der Waals surface area (Å²) in [5.41, 5.74) is -2.33. The molecular formula is C20H18FN3O6S. The van der Waals surface area contributed by atoms with Crippen LogP contribution in [-0.4, -0.2) is 61.4 Å². The second-order valence-electron chi connectivity index (χ2n) is 6.89. The van der Waals surface area contributed by atoms with E-state index >= 15 is 0 Å².